The largest absolute Gasteiger partial charge is 0.444 e. The van der Waals surface area contributed by atoms with Gasteiger partial charge in [-0.15, -0.1) is 0 Å². The van der Waals surface area contributed by atoms with Gasteiger partial charge >= 0.3 is 0 Å². The number of nitrogens with zero attached hydrogens (tertiary/aromatic N) is 3. The lowest BCUT2D eigenvalue weighted by Gasteiger charge is -2.12. The number of carbonyl (C=O) groups is 1. The summed E-state index contributed by atoms with van der Waals surface area (Å²) in [5, 5.41) is 2.98. The molecule has 1 N–H and O–H groups in total. The maximum Gasteiger partial charge on any atom is 0.231 e. The number of hydrogen-bond acceptors (Lipinski definition) is 4. The molecule has 2 heterocycles. The molecular formula is C27H21FN4O2. The fourth-order valence-corrected chi connectivity index (χ4v) is 3.67. The molecule has 5 aromatic rings. The standard InChI is InChI=1S/C27H21FN4O2/c28-22-13-11-20(12-14-22)25-26(32(18-29-25)16-19-7-3-1-4-8-19)31-24(33)15-23-17-34-27(30-23)21-9-5-2-6-10-21/h1-14,17-18H,15-16H2,(H,31,33). The van der Waals surface area contributed by atoms with Crippen molar-refractivity contribution in [1.82, 2.24) is 14.5 Å². The highest BCUT2D eigenvalue weighted by molar-refractivity contribution is 5.94. The summed E-state index contributed by atoms with van der Waals surface area (Å²) in [6, 6.07) is 25.4. The van der Waals surface area contributed by atoms with E-state index in [1.807, 2.05) is 65.2 Å². The number of rotatable bonds is 7. The van der Waals surface area contributed by atoms with Crippen LogP contribution in [0.5, 0.6) is 0 Å². The van der Waals surface area contributed by atoms with Crippen molar-refractivity contribution in [3.8, 4) is 22.7 Å². The van der Waals surface area contributed by atoms with Crippen molar-refractivity contribution in [2.24, 2.45) is 0 Å². The molecule has 0 aliphatic carbocycles. The van der Waals surface area contributed by atoms with Gasteiger partial charge in [-0.25, -0.2) is 14.4 Å². The Morgan fingerprint density at radius 1 is 0.912 bits per heavy atom. The molecule has 0 spiro atoms. The van der Waals surface area contributed by atoms with Crippen LogP contribution in [0, 0.1) is 5.82 Å². The number of anilines is 1. The minimum atomic E-state index is -0.335. The van der Waals surface area contributed by atoms with E-state index in [0.29, 0.717) is 35.2 Å². The molecule has 0 aliphatic heterocycles. The number of halogens is 1. The summed E-state index contributed by atoms with van der Waals surface area (Å²) in [6.07, 6.45) is 3.20. The Morgan fingerprint density at radius 3 is 2.35 bits per heavy atom. The molecule has 2 aromatic heterocycles. The van der Waals surface area contributed by atoms with Crippen molar-refractivity contribution in [3.05, 3.63) is 115 Å². The molecule has 168 valence electrons. The fourth-order valence-electron chi connectivity index (χ4n) is 3.67. The number of amides is 1. The topological polar surface area (TPSA) is 73.0 Å². The van der Waals surface area contributed by atoms with E-state index in [4.69, 9.17) is 4.42 Å². The summed E-state index contributed by atoms with van der Waals surface area (Å²) in [7, 11) is 0. The molecule has 5 rings (SSSR count). The van der Waals surface area contributed by atoms with Crippen molar-refractivity contribution >= 4 is 11.7 Å². The summed E-state index contributed by atoms with van der Waals surface area (Å²) in [5.41, 5.74) is 3.69. The normalized spacial score (nSPS) is 10.9. The molecule has 3 aromatic carbocycles. The van der Waals surface area contributed by atoms with Gasteiger partial charge in [0, 0.05) is 11.1 Å². The van der Waals surface area contributed by atoms with Gasteiger partial charge in [0.2, 0.25) is 11.8 Å². The first-order chi connectivity index (χ1) is 16.7. The van der Waals surface area contributed by atoms with Crippen LogP contribution >= 0.6 is 0 Å². The molecule has 1 amide bonds. The summed E-state index contributed by atoms with van der Waals surface area (Å²) in [5.74, 6) is 0.404. The van der Waals surface area contributed by atoms with Gasteiger partial charge in [-0.2, -0.15) is 0 Å². The zero-order valence-corrected chi connectivity index (χ0v) is 18.2. The van der Waals surface area contributed by atoms with E-state index < -0.39 is 0 Å². The Bertz CT molecular complexity index is 1390. The van der Waals surface area contributed by atoms with Gasteiger partial charge in [-0.05, 0) is 42.0 Å². The molecule has 0 fully saturated rings. The predicted molar refractivity (Wildman–Crippen MR) is 127 cm³/mol. The Labute approximate surface area is 195 Å². The second kappa shape index (κ2) is 9.54. The van der Waals surface area contributed by atoms with Gasteiger partial charge in [-0.3, -0.25) is 4.79 Å². The minimum Gasteiger partial charge on any atom is -0.444 e. The predicted octanol–water partition coefficient (Wildman–Crippen LogP) is 5.57. The number of benzene rings is 3. The molecule has 7 heteroatoms. The zero-order valence-electron chi connectivity index (χ0n) is 18.2. The number of imidazole rings is 1. The minimum absolute atomic E-state index is 0.0374. The molecule has 0 saturated carbocycles. The number of nitrogens with one attached hydrogen (secondary N) is 1. The fraction of sp³-hybridized carbons (Fsp3) is 0.0741. The Hall–Kier alpha value is -4.52. The van der Waals surface area contributed by atoms with Gasteiger partial charge in [0.25, 0.3) is 0 Å². The molecule has 0 saturated heterocycles. The number of hydrogen-bond donors (Lipinski definition) is 1. The number of oxazole rings is 1. The molecular weight excluding hydrogens is 431 g/mol. The van der Waals surface area contributed by atoms with Crippen LogP contribution in [0.1, 0.15) is 11.3 Å². The van der Waals surface area contributed by atoms with E-state index in [2.05, 4.69) is 15.3 Å². The van der Waals surface area contributed by atoms with E-state index >= 15 is 0 Å². The molecule has 0 aliphatic rings. The first-order valence-corrected chi connectivity index (χ1v) is 10.8. The van der Waals surface area contributed by atoms with Crippen LogP contribution in [0.3, 0.4) is 0 Å². The van der Waals surface area contributed by atoms with Crippen LogP contribution in [0.15, 0.2) is 102 Å². The third kappa shape index (κ3) is 4.78. The van der Waals surface area contributed by atoms with E-state index in [1.165, 1.54) is 18.4 Å². The van der Waals surface area contributed by atoms with Crippen molar-refractivity contribution in [2.45, 2.75) is 13.0 Å². The average Bonchev–Trinajstić information content (AvgIpc) is 3.48. The lowest BCUT2D eigenvalue weighted by Crippen LogP contribution is -2.18. The van der Waals surface area contributed by atoms with E-state index in [-0.39, 0.29) is 18.1 Å². The third-order valence-electron chi connectivity index (χ3n) is 5.32. The summed E-state index contributed by atoms with van der Waals surface area (Å²) in [6.45, 7) is 0.521. The van der Waals surface area contributed by atoms with Crippen molar-refractivity contribution < 1.29 is 13.6 Å². The van der Waals surface area contributed by atoms with Gasteiger partial charge in [0.15, 0.2) is 0 Å². The second-order valence-corrected chi connectivity index (χ2v) is 7.80. The highest BCUT2D eigenvalue weighted by Crippen LogP contribution is 2.28. The summed E-state index contributed by atoms with van der Waals surface area (Å²) >= 11 is 0. The Balaban J connectivity index is 1.40. The van der Waals surface area contributed by atoms with E-state index in [0.717, 1.165) is 11.1 Å². The number of aromatic nitrogens is 3. The zero-order chi connectivity index (χ0) is 23.3. The van der Waals surface area contributed by atoms with Gasteiger partial charge in [0.05, 0.1) is 25.0 Å². The van der Waals surface area contributed by atoms with Crippen LogP contribution in [0.4, 0.5) is 10.2 Å². The van der Waals surface area contributed by atoms with Crippen molar-refractivity contribution in [2.75, 3.05) is 5.32 Å². The molecule has 0 bridgehead atoms. The molecule has 34 heavy (non-hydrogen) atoms. The monoisotopic (exact) mass is 452 g/mol. The van der Waals surface area contributed by atoms with Crippen LogP contribution in [-0.4, -0.2) is 20.4 Å². The maximum absolute atomic E-state index is 13.5. The maximum atomic E-state index is 13.5. The number of carbonyl (C=O) groups excluding carboxylic acids is 1. The second-order valence-electron chi connectivity index (χ2n) is 7.80. The van der Waals surface area contributed by atoms with Crippen LogP contribution in [-0.2, 0) is 17.8 Å². The van der Waals surface area contributed by atoms with E-state index in [1.54, 1.807) is 18.5 Å². The Kier molecular flexibility index (Phi) is 5.99. The average molecular weight is 452 g/mol. The molecule has 0 atom stereocenters. The lowest BCUT2D eigenvalue weighted by molar-refractivity contribution is -0.115. The quantitative estimate of drug-likeness (QED) is 0.350. The van der Waals surface area contributed by atoms with Crippen LogP contribution in [0.25, 0.3) is 22.7 Å². The molecule has 6 nitrogen and oxygen atoms in total. The first-order valence-electron chi connectivity index (χ1n) is 10.8. The van der Waals surface area contributed by atoms with Crippen LogP contribution in [0.2, 0.25) is 0 Å². The van der Waals surface area contributed by atoms with E-state index in [9.17, 15) is 9.18 Å². The Morgan fingerprint density at radius 2 is 1.62 bits per heavy atom. The third-order valence-corrected chi connectivity index (χ3v) is 5.32. The van der Waals surface area contributed by atoms with Crippen molar-refractivity contribution in [1.29, 1.82) is 0 Å². The highest BCUT2D eigenvalue weighted by atomic mass is 19.1. The van der Waals surface area contributed by atoms with Gasteiger partial charge in [-0.1, -0.05) is 48.5 Å². The highest BCUT2D eigenvalue weighted by Gasteiger charge is 2.18. The van der Waals surface area contributed by atoms with Crippen LogP contribution < -0.4 is 5.32 Å². The molecule has 0 unspecified atom stereocenters. The van der Waals surface area contributed by atoms with Crippen molar-refractivity contribution in [3.63, 3.8) is 0 Å². The van der Waals surface area contributed by atoms with Gasteiger partial charge in [0.1, 0.15) is 23.6 Å². The summed E-state index contributed by atoms with van der Waals surface area (Å²) < 4.78 is 20.9. The lowest BCUT2D eigenvalue weighted by atomic mass is 10.1. The van der Waals surface area contributed by atoms with Gasteiger partial charge < -0.3 is 14.3 Å². The summed E-state index contributed by atoms with van der Waals surface area (Å²) in [4.78, 5) is 21.9. The SMILES string of the molecule is O=C(Cc1coc(-c2ccccc2)n1)Nc1c(-c2ccc(F)cc2)ncn1Cc1ccccc1. The smallest absolute Gasteiger partial charge is 0.231 e. The molecule has 0 radical (unpaired) electrons. The first kappa shape index (κ1) is 21.3.